The maximum absolute atomic E-state index is 12.3. The molecule has 10 nitrogen and oxygen atoms in total. The number of hydrogen-bond donors (Lipinski definition) is 1. The standard InChI is InChI=1S/C13H10ClN5O5/c1-6-3-7(2)16-13(15-6)17-12(20)9-4-8(18(21)22)5-10(11(9)14)19(23)24/h3-5H,1-2H3,(H,15,16,17,20). The van der Waals surface area contributed by atoms with Crippen molar-refractivity contribution >= 4 is 34.8 Å². The molecule has 1 amide bonds. The van der Waals surface area contributed by atoms with E-state index in [9.17, 15) is 25.0 Å². The zero-order valence-corrected chi connectivity index (χ0v) is 13.2. The molecule has 2 aromatic rings. The molecule has 11 heteroatoms. The minimum atomic E-state index is -0.903. The molecule has 24 heavy (non-hydrogen) atoms. The second-order valence-electron chi connectivity index (χ2n) is 4.77. The van der Waals surface area contributed by atoms with E-state index in [4.69, 9.17) is 11.6 Å². The lowest BCUT2D eigenvalue weighted by Crippen LogP contribution is -2.16. The summed E-state index contributed by atoms with van der Waals surface area (Å²) >= 11 is 5.84. The minimum Gasteiger partial charge on any atom is -0.290 e. The van der Waals surface area contributed by atoms with Crippen molar-refractivity contribution in [3.8, 4) is 0 Å². The highest BCUT2D eigenvalue weighted by atomic mass is 35.5. The van der Waals surface area contributed by atoms with Gasteiger partial charge in [-0.15, -0.1) is 0 Å². The van der Waals surface area contributed by atoms with E-state index in [2.05, 4.69) is 15.3 Å². The summed E-state index contributed by atoms with van der Waals surface area (Å²) in [6.45, 7) is 3.38. The van der Waals surface area contributed by atoms with Gasteiger partial charge in [-0.25, -0.2) is 9.97 Å². The largest absolute Gasteiger partial charge is 0.295 e. The molecule has 0 radical (unpaired) electrons. The van der Waals surface area contributed by atoms with Gasteiger partial charge in [-0.05, 0) is 19.9 Å². The first-order valence-corrected chi connectivity index (χ1v) is 6.83. The molecule has 0 aliphatic heterocycles. The first-order valence-electron chi connectivity index (χ1n) is 6.45. The van der Waals surface area contributed by atoms with Gasteiger partial charge in [0.15, 0.2) is 0 Å². The maximum atomic E-state index is 12.3. The normalized spacial score (nSPS) is 10.3. The number of aryl methyl sites for hydroxylation is 2. The Kier molecular flexibility index (Phi) is 4.69. The van der Waals surface area contributed by atoms with E-state index in [-0.39, 0.29) is 5.95 Å². The number of carbonyl (C=O) groups excluding carboxylic acids is 1. The zero-order chi connectivity index (χ0) is 18.0. The predicted octanol–water partition coefficient (Wildman–Crippen LogP) is 2.82. The molecule has 0 aliphatic rings. The molecule has 2 rings (SSSR count). The van der Waals surface area contributed by atoms with Crippen molar-refractivity contribution in [1.29, 1.82) is 0 Å². The van der Waals surface area contributed by atoms with E-state index < -0.39 is 37.7 Å². The molecule has 1 N–H and O–H groups in total. The second-order valence-corrected chi connectivity index (χ2v) is 5.15. The number of halogens is 1. The van der Waals surface area contributed by atoms with Crippen LogP contribution in [0, 0.1) is 34.1 Å². The summed E-state index contributed by atoms with van der Waals surface area (Å²) in [6, 6.07) is 3.22. The number of aromatic nitrogens is 2. The van der Waals surface area contributed by atoms with Crippen molar-refractivity contribution in [3.63, 3.8) is 0 Å². The van der Waals surface area contributed by atoms with Gasteiger partial charge in [-0.2, -0.15) is 0 Å². The van der Waals surface area contributed by atoms with E-state index in [1.165, 1.54) is 0 Å². The van der Waals surface area contributed by atoms with Crippen LogP contribution in [0.25, 0.3) is 0 Å². The molecule has 0 bridgehead atoms. The van der Waals surface area contributed by atoms with Gasteiger partial charge in [-0.1, -0.05) is 11.6 Å². The molecule has 0 atom stereocenters. The van der Waals surface area contributed by atoms with Gasteiger partial charge < -0.3 is 0 Å². The van der Waals surface area contributed by atoms with E-state index in [0.717, 1.165) is 6.07 Å². The molecule has 1 heterocycles. The van der Waals surface area contributed by atoms with Crippen molar-refractivity contribution in [2.45, 2.75) is 13.8 Å². The molecule has 0 spiro atoms. The molecule has 0 aliphatic carbocycles. The van der Waals surface area contributed by atoms with Gasteiger partial charge in [-0.3, -0.25) is 30.3 Å². The molecular formula is C13H10ClN5O5. The van der Waals surface area contributed by atoms with Crippen molar-refractivity contribution < 1.29 is 14.6 Å². The third-order valence-corrected chi connectivity index (χ3v) is 3.30. The molecule has 1 aromatic heterocycles. The Bertz CT molecular complexity index is 850. The fraction of sp³-hybridized carbons (Fsp3) is 0.154. The number of nitro benzene ring substituents is 2. The number of nitrogens with one attached hydrogen (secondary N) is 1. The summed E-state index contributed by atoms with van der Waals surface area (Å²) in [5.74, 6) is -0.931. The zero-order valence-electron chi connectivity index (χ0n) is 12.4. The Hall–Kier alpha value is -3.14. The van der Waals surface area contributed by atoms with Gasteiger partial charge in [0, 0.05) is 17.5 Å². The molecular weight excluding hydrogens is 342 g/mol. The van der Waals surface area contributed by atoms with Crippen LogP contribution in [0.1, 0.15) is 21.7 Å². The van der Waals surface area contributed by atoms with Crippen LogP contribution in [0.4, 0.5) is 17.3 Å². The van der Waals surface area contributed by atoms with Crippen LogP contribution < -0.4 is 5.32 Å². The lowest BCUT2D eigenvalue weighted by molar-refractivity contribution is -0.394. The van der Waals surface area contributed by atoms with Gasteiger partial charge in [0.2, 0.25) is 5.95 Å². The maximum Gasteiger partial charge on any atom is 0.295 e. The number of amides is 1. The van der Waals surface area contributed by atoms with Gasteiger partial charge >= 0.3 is 0 Å². The summed E-state index contributed by atoms with van der Waals surface area (Å²) in [6.07, 6.45) is 0. The van der Waals surface area contributed by atoms with Crippen LogP contribution in [-0.2, 0) is 0 Å². The molecule has 0 saturated carbocycles. The second kappa shape index (κ2) is 6.54. The van der Waals surface area contributed by atoms with Crippen molar-refractivity contribution in [3.05, 3.63) is 60.4 Å². The third-order valence-electron chi connectivity index (χ3n) is 2.90. The van der Waals surface area contributed by atoms with Crippen molar-refractivity contribution in [1.82, 2.24) is 9.97 Å². The average Bonchev–Trinajstić information content (AvgIpc) is 2.45. The average molecular weight is 352 g/mol. The lowest BCUT2D eigenvalue weighted by atomic mass is 10.1. The number of carbonyl (C=O) groups is 1. The Morgan fingerprint density at radius 2 is 1.67 bits per heavy atom. The number of nitrogens with zero attached hydrogens (tertiary/aromatic N) is 4. The summed E-state index contributed by atoms with van der Waals surface area (Å²) < 4.78 is 0. The Morgan fingerprint density at radius 1 is 1.08 bits per heavy atom. The highest BCUT2D eigenvalue weighted by molar-refractivity contribution is 6.36. The number of rotatable bonds is 4. The number of nitro groups is 2. The predicted molar refractivity (Wildman–Crippen MR) is 84.2 cm³/mol. The summed E-state index contributed by atoms with van der Waals surface area (Å²) in [4.78, 5) is 40.4. The Labute approximate surface area is 139 Å². The first-order chi connectivity index (χ1) is 11.2. The molecule has 0 fully saturated rings. The van der Waals surface area contributed by atoms with Crippen LogP contribution in [0.5, 0.6) is 0 Å². The Balaban J connectivity index is 2.48. The van der Waals surface area contributed by atoms with Crippen molar-refractivity contribution in [2.24, 2.45) is 0 Å². The SMILES string of the molecule is Cc1cc(C)nc(NC(=O)c2cc([N+](=O)[O-])cc([N+](=O)[O-])c2Cl)n1. The highest BCUT2D eigenvalue weighted by Crippen LogP contribution is 2.33. The molecule has 124 valence electrons. The lowest BCUT2D eigenvalue weighted by Gasteiger charge is -2.07. The summed E-state index contributed by atoms with van der Waals surface area (Å²) in [7, 11) is 0. The van der Waals surface area contributed by atoms with Gasteiger partial charge in [0.25, 0.3) is 17.3 Å². The van der Waals surface area contributed by atoms with E-state index in [0.29, 0.717) is 17.5 Å². The van der Waals surface area contributed by atoms with Crippen molar-refractivity contribution in [2.75, 3.05) is 5.32 Å². The van der Waals surface area contributed by atoms with E-state index in [1.54, 1.807) is 19.9 Å². The van der Waals surface area contributed by atoms with Gasteiger partial charge in [0.1, 0.15) is 5.02 Å². The first kappa shape index (κ1) is 17.2. The number of benzene rings is 1. The van der Waals surface area contributed by atoms with Crippen LogP contribution >= 0.6 is 11.6 Å². The number of non-ortho nitro benzene ring substituents is 1. The van der Waals surface area contributed by atoms with Crippen LogP contribution in [-0.4, -0.2) is 25.7 Å². The van der Waals surface area contributed by atoms with E-state index >= 15 is 0 Å². The quantitative estimate of drug-likeness (QED) is 0.659. The van der Waals surface area contributed by atoms with Crippen LogP contribution in [0.15, 0.2) is 18.2 Å². The number of anilines is 1. The third kappa shape index (κ3) is 3.60. The number of hydrogen-bond acceptors (Lipinski definition) is 7. The molecule has 0 unspecified atom stereocenters. The topological polar surface area (TPSA) is 141 Å². The fourth-order valence-electron chi connectivity index (χ4n) is 1.95. The minimum absolute atomic E-state index is 0.0391. The fourth-order valence-corrected chi connectivity index (χ4v) is 2.21. The smallest absolute Gasteiger partial charge is 0.290 e. The van der Waals surface area contributed by atoms with E-state index in [1.807, 2.05) is 0 Å². The van der Waals surface area contributed by atoms with Gasteiger partial charge in [0.05, 0.1) is 21.5 Å². The summed E-state index contributed by atoms with van der Waals surface area (Å²) in [5, 5.41) is 23.7. The highest BCUT2D eigenvalue weighted by Gasteiger charge is 2.26. The van der Waals surface area contributed by atoms with Crippen LogP contribution in [0.2, 0.25) is 5.02 Å². The Morgan fingerprint density at radius 3 is 2.17 bits per heavy atom. The monoisotopic (exact) mass is 351 g/mol. The molecule has 1 aromatic carbocycles. The summed E-state index contributed by atoms with van der Waals surface area (Å²) in [5.41, 5.74) is -0.599. The molecule has 0 saturated heterocycles. The van der Waals surface area contributed by atoms with Crippen LogP contribution in [0.3, 0.4) is 0 Å².